The first-order valence-corrected chi connectivity index (χ1v) is 6.69. The SMILES string of the molecule is CCN1C=C(C(=O)OC(C)C)C(C)=NS1(=O)=O. The maximum Gasteiger partial charge on any atom is 0.344 e. The van der Waals surface area contributed by atoms with Crippen molar-refractivity contribution in [3.8, 4) is 0 Å². The van der Waals surface area contributed by atoms with Crippen LogP contribution in [0.5, 0.6) is 0 Å². The highest BCUT2D eigenvalue weighted by atomic mass is 32.2. The maximum absolute atomic E-state index is 11.7. The van der Waals surface area contributed by atoms with Gasteiger partial charge in [0.05, 0.1) is 17.4 Å². The Morgan fingerprint density at radius 2 is 2.12 bits per heavy atom. The van der Waals surface area contributed by atoms with E-state index in [4.69, 9.17) is 4.74 Å². The van der Waals surface area contributed by atoms with Gasteiger partial charge in [-0.2, -0.15) is 8.42 Å². The number of rotatable bonds is 3. The Morgan fingerprint density at radius 3 is 2.59 bits per heavy atom. The molecule has 0 aromatic carbocycles. The molecule has 7 heteroatoms. The standard InChI is InChI=1S/C10H16N2O4S/c1-5-12-6-9(10(13)16-7(2)3)8(4)11-17(12,14)15/h6-7H,5H2,1-4H3. The molecule has 1 heterocycles. The third-order valence-electron chi connectivity index (χ3n) is 2.09. The molecule has 0 amide bonds. The number of carbonyl (C=O) groups excluding carboxylic acids is 1. The highest BCUT2D eigenvalue weighted by molar-refractivity contribution is 7.88. The second-order valence-corrected chi connectivity index (χ2v) is 5.40. The molecule has 0 atom stereocenters. The van der Waals surface area contributed by atoms with E-state index in [0.717, 1.165) is 4.31 Å². The van der Waals surface area contributed by atoms with Crippen LogP contribution in [0.3, 0.4) is 0 Å². The second kappa shape index (κ2) is 4.87. The van der Waals surface area contributed by atoms with E-state index in [-0.39, 0.29) is 23.9 Å². The maximum atomic E-state index is 11.7. The van der Waals surface area contributed by atoms with Crippen molar-refractivity contribution in [2.75, 3.05) is 6.54 Å². The van der Waals surface area contributed by atoms with Crippen molar-refractivity contribution < 1.29 is 17.9 Å². The third kappa shape index (κ3) is 3.06. The minimum atomic E-state index is -3.68. The van der Waals surface area contributed by atoms with E-state index in [2.05, 4.69) is 4.40 Å². The van der Waals surface area contributed by atoms with Crippen LogP contribution in [-0.4, -0.2) is 37.1 Å². The molecule has 0 aromatic heterocycles. The highest BCUT2D eigenvalue weighted by Gasteiger charge is 2.27. The first-order chi connectivity index (χ1) is 7.77. The molecule has 1 rings (SSSR count). The zero-order chi connectivity index (χ0) is 13.2. The molecule has 0 aromatic rings. The van der Waals surface area contributed by atoms with Gasteiger partial charge in [0.15, 0.2) is 0 Å². The predicted molar refractivity (Wildman–Crippen MR) is 63.7 cm³/mol. The van der Waals surface area contributed by atoms with Gasteiger partial charge in [0.25, 0.3) is 0 Å². The lowest BCUT2D eigenvalue weighted by molar-refractivity contribution is -0.142. The molecule has 6 nitrogen and oxygen atoms in total. The van der Waals surface area contributed by atoms with Crippen molar-refractivity contribution in [1.29, 1.82) is 0 Å². The molecule has 0 N–H and O–H groups in total. The van der Waals surface area contributed by atoms with E-state index < -0.39 is 16.2 Å². The van der Waals surface area contributed by atoms with E-state index in [1.807, 2.05) is 0 Å². The van der Waals surface area contributed by atoms with Crippen LogP contribution in [0.25, 0.3) is 0 Å². The lowest BCUT2D eigenvalue weighted by atomic mass is 10.2. The Labute approximate surface area is 101 Å². The molecule has 0 fully saturated rings. The van der Waals surface area contributed by atoms with Crippen LogP contribution in [0, 0.1) is 0 Å². The van der Waals surface area contributed by atoms with Gasteiger partial charge in [0, 0.05) is 12.7 Å². The molecule has 0 unspecified atom stereocenters. The zero-order valence-electron chi connectivity index (χ0n) is 10.3. The van der Waals surface area contributed by atoms with Gasteiger partial charge in [0.2, 0.25) is 0 Å². The smallest absolute Gasteiger partial charge is 0.344 e. The van der Waals surface area contributed by atoms with Crippen molar-refractivity contribution in [1.82, 2.24) is 4.31 Å². The van der Waals surface area contributed by atoms with Crippen LogP contribution in [0.1, 0.15) is 27.7 Å². The summed E-state index contributed by atoms with van der Waals surface area (Å²) in [4.78, 5) is 11.7. The predicted octanol–water partition coefficient (Wildman–Crippen LogP) is 0.863. The quantitative estimate of drug-likeness (QED) is 0.705. The average molecular weight is 260 g/mol. The van der Waals surface area contributed by atoms with Crippen molar-refractivity contribution in [2.24, 2.45) is 4.40 Å². The summed E-state index contributed by atoms with van der Waals surface area (Å²) < 4.78 is 32.7. The molecular formula is C10H16N2O4S. The molecule has 0 aliphatic carbocycles. The Hall–Kier alpha value is -1.37. The Morgan fingerprint density at radius 1 is 1.53 bits per heavy atom. The minimum absolute atomic E-state index is 0.153. The summed E-state index contributed by atoms with van der Waals surface area (Å²) >= 11 is 0. The molecule has 96 valence electrons. The van der Waals surface area contributed by atoms with Gasteiger partial charge in [-0.25, -0.2) is 4.79 Å². The zero-order valence-corrected chi connectivity index (χ0v) is 11.1. The van der Waals surface area contributed by atoms with E-state index in [1.165, 1.54) is 13.1 Å². The fraction of sp³-hybridized carbons (Fsp3) is 0.600. The van der Waals surface area contributed by atoms with Gasteiger partial charge in [-0.1, -0.05) is 0 Å². The second-order valence-electron chi connectivity index (χ2n) is 3.85. The van der Waals surface area contributed by atoms with Crippen LogP contribution in [0.4, 0.5) is 0 Å². The topological polar surface area (TPSA) is 76.0 Å². The van der Waals surface area contributed by atoms with Gasteiger partial charge in [-0.15, -0.1) is 4.40 Å². The van der Waals surface area contributed by atoms with Crippen molar-refractivity contribution in [2.45, 2.75) is 33.8 Å². The van der Waals surface area contributed by atoms with Crippen LogP contribution in [0.15, 0.2) is 16.2 Å². The number of hydrogen-bond donors (Lipinski definition) is 0. The normalized spacial score (nSPS) is 18.8. The number of ether oxygens (including phenoxy) is 1. The van der Waals surface area contributed by atoms with Crippen molar-refractivity contribution in [3.05, 3.63) is 11.8 Å². The number of esters is 1. The Bertz CT molecular complexity index is 477. The molecule has 1 aliphatic heterocycles. The average Bonchev–Trinajstić information content (AvgIpc) is 2.14. The highest BCUT2D eigenvalue weighted by Crippen LogP contribution is 2.17. The monoisotopic (exact) mass is 260 g/mol. The number of carbonyl (C=O) groups is 1. The van der Waals surface area contributed by atoms with Gasteiger partial charge in [0.1, 0.15) is 0 Å². The summed E-state index contributed by atoms with van der Waals surface area (Å²) in [5, 5.41) is 0. The molecule has 0 spiro atoms. The Kier molecular flexibility index (Phi) is 3.92. The Balaban J connectivity index is 3.06. The number of hydrogen-bond acceptors (Lipinski definition) is 4. The third-order valence-corrected chi connectivity index (χ3v) is 3.55. The molecule has 0 radical (unpaired) electrons. The first kappa shape index (κ1) is 13.7. The van der Waals surface area contributed by atoms with Gasteiger partial charge < -0.3 is 4.74 Å². The van der Waals surface area contributed by atoms with Crippen LogP contribution >= 0.6 is 0 Å². The van der Waals surface area contributed by atoms with Gasteiger partial charge in [-0.05, 0) is 27.7 Å². The molecule has 1 aliphatic rings. The van der Waals surface area contributed by atoms with E-state index in [1.54, 1.807) is 20.8 Å². The molecule has 0 saturated heterocycles. The van der Waals surface area contributed by atoms with E-state index in [9.17, 15) is 13.2 Å². The fourth-order valence-corrected chi connectivity index (χ4v) is 2.43. The van der Waals surface area contributed by atoms with Crippen LogP contribution < -0.4 is 0 Å². The van der Waals surface area contributed by atoms with Gasteiger partial charge in [-0.3, -0.25) is 4.31 Å². The van der Waals surface area contributed by atoms with Crippen LogP contribution in [-0.2, 0) is 19.7 Å². The minimum Gasteiger partial charge on any atom is -0.459 e. The van der Waals surface area contributed by atoms with E-state index in [0.29, 0.717) is 0 Å². The first-order valence-electron chi connectivity index (χ1n) is 5.29. The summed E-state index contributed by atoms with van der Waals surface area (Å²) in [6.07, 6.45) is 1.01. The summed E-state index contributed by atoms with van der Waals surface area (Å²) in [6.45, 7) is 6.80. The summed E-state index contributed by atoms with van der Waals surface area (Å²) in [6, 6.07) is 0. The molecule has 17 heavy (non-hydrogen) atoms. The van der Waals surface area contributed by atoms with Crippen molar-refractivity contribution >= 4 is 21.9 Å². The molecular weight excluding hydrogens is 244 g/mol. The number of nitrogens with zero attached hydrogens (tertiary/aromatic N) is 2. The molecule has 0 saturated carbocycles. The fourth-order valence-electron chi connectivity index (χ4n) is 1.31. The summed E-state index contributed by atoms with van der Waals surface area (Å²) in [7, 11) is -3.68. The summed E-state index contributed by atoms with van der Waals surface area (Å²) in [5.74, 6) is -0.561. The molecule has 0 bridgehead atoms. The summed E-state index contributed by atoms with van der Waals surface area (Å²) in [5.41, 5.74) is 0.329. The van der Waals surface area contributed by atoms with Gasteiger partial charge >= 0.3 is 16.2 Å². The van der Waals surface area contributed by atoms with E-state index >= 15 is 0 Å². The lowest BCUT2D eigenvalue weighted by Crippen LogP contribution is -2.32. The lowest BCUT2D eigenvalue weighted by Gasteiger charge is -2.22. The van der Waals surface area contributed by atoms with Crippen molar-refractivity contribution in [3.63, 3.8) is 0 Å². The largest absolute Gasteiger partial charge is 0.459 e. The van der Waals surface area contributed by atoms with Crippen LogP contribution in [0.2, 0.25) is 0 Å².